The molecule has 1 saturated heterocycles. The summed E-state index contributed by atoms with van der Waals surface area (Å²) < 4.78 is 37.9. The Morgan fingerprint density at radius 2 is 1.72 bits per heavy atom. The summed E-state index contributed by atoms with van der Waals surface area (Å²) in [6.07, 6.45) is -1.14. The highest BCUT2D eigenvalue weighted by molar-refractivity contribution is 6.33. The van der Waals surface area contributed by atoms with Crippen molar-refractivity contribution >= 4 is 28.9 Å². The van der Waals surface area contributed by atoms with Crippen LogP contribution in [0.2, 0.25) is 5.02 Å². The predicted octanol–water partition coefficient (Wildman–Crippen LogP) is 3.45. The van der Waals surface area contributed by atoms with Crippen molar-refractivity contribution in [3.63, 3.8) is 0 Å². The molecule has 0 saturated carbocycles. The van der Waals surface area contributed by atoms with Gasteiger partial charge in [0.15, 0.2) is 0 Å². The first kappa shape index (κ1) is 17.6. The SMILES string of the molecule is Nc1cnc(N2CCCN(c3ccc(C(F)(F)F)cn3)CC2)c(Cl)c1. The van der Waals surface area contributed by atoms with E-state index >= 15 is 0 Å². The fourth-order valence-corrected chi connectivity index (χ4v) is 3.07. The van der Waals surface area contributed by atoms with Crippen molar-refractivity contribution in [1.29, 1.82) is 0 Å². The van der Waals surface area contributed by atoms with Gasteiger partial charge in [-0.25, -0.2) is 9.97 Å². The normalized spacial score (nSPS) is 16.0. The monoisotopic (exact) mass is 371 g/mol. The molecule has 25 heavy (non-hydrogen) atoms. The number of anilines is 3. The van der Waals surface area contributed by atoms with Gasteiger partial charge in [0.05, 0.1) is 22.5 Å². The molecule has 0 spiro atoms. The lowest BCUT2D eigenvalue weighted by molar-refractivity contribution is -0.137. The Hall–Kier alpha value is -2.22. The average molecular weight is 372 g/mol. The lowest BCUT2D eigenvalue weighted by atomic mass is 10.2. The Labute approximate surface area is 148 Å². The molecule has 9 heteroatoms. The first-order valence-corrected chi connectivity index (χ1v) is 8.16. The van der Waals surface area contributed by atoms with Crippen LogP contribution in [-0.4, -0.2) is 36.1 Å². The number of nitrogens with zero attached hydrogens (tertiary/aromatic N) is 4. The highest BCUT2D eigenvalue weighted by atomic mass is 35.5. The van der Waals surface area contributed by atoms with E-state index in [1.54, 1.807) is 12.3 Å². The maximum absolute atomic E-state index is 12.6. The number of nitrogens with two attached hydrogens (primary N) is 1. The molecule has 1 aliphatic rings. The first-order chi connectivity index (χ1) is 11.8. The van der Waals surface area contributed by atoms with Crippen molar-refractivity contribution in [2.24, 2.45) is 0 Å². The minimum Gasteiger partial charge on any atom is -0.397 e. The van der Waals surface area contributed by atoms with Gasteiger partial charge in [-0.1, -0.05) is 11.6 Å². The number of alkyl halides is 3. The van der Waals surface area contributed by atoms with Gasteiger partial charge >= 0.3 is 6.18 Å². The fraction of sp³-hybridized carbons (Fsp3) is 0.375. The predicted molar refractivity (Wildman–Crippen MR) is 91.9 cm³/mol. The molecule has 2 N–H and O–H groups in total. The summed E-state index contributed by atoms with van der Waals surface area (Å²) >= 11 is 6.21. The van der Waals surface area contributed by atoms with Gasteiger partial charge in [-0.15, -0.1) is 0 Å². The van der Waals surface area contributed by atoms with E-state index in [-0.39, 0.29) is 0 Å². The van der Waals surface area contributed by atoms with E-state index in [1.165, 1.54) is 6.07 Å². The summed E-state index contributed by atoms with van der Waals surface area (Å²) in [4.78, 5) is 12.3. The lowest BCUT2D eigenvalue weighted by Gasteiger charge is -2.24. The molecule has 2 aromatic rings. The summed E-state index contributed by atoms with van der Waals surface area (Å²) in [6.45, 7) is 2.69. The molecular weight excluding hydrogens is 355 g/mol. The van der Waals surface area contributed by atoms with Gasteiger partial charge in [-0.3, -0.25) is 0 Å². The molecule has 1 aliphatic heterocycles. The summed E-state index contributed by atoms with van der Waals surface area (Å²) in [6, 6.07) is 4.13. The largest absolute Gasteiger partial charge is 0.417 e. The van der Waals surface area contributed by atoms with Crippen molar-refractivity contribution in [3.8, 4) is 0 Å². The first-order valence-electron chi connectivity index (χ1n) is 7.79. The second kappa shape index (κ2) is 6.95. The third kappa shape index (κ3) is 4.07. The molecule has 0 radical (unpaired) electrons. The van der Waals surface area contributed by atoms with Crippen LogP contribution < -0.4 is 15.5 Å². The smallest absolute Gasteiger partial charge is 0.397 e. The van der Waals surface area contributed by atoms with Gasteiger partial charge in [0, 0.05) is 32.4 Å². The lowest BCUT2D eigenvalue weighted by Crippen LogP contribution is -2.31. The molecule has 2 aromatic heterocycles. The number of halogens is 4. The van der Waals surface area contributed by atoms with Crippen molar-refractivity contribution in [3.05, 3.63) is 41.2 Å². The maximum atomic E-state index is 12.6. The summed E-state index contributed by atoms with van der Waals surface area (Å²) in [5, 5.41) is 0.487. The molecule has 3 rings (SSSR count). The average Bonchev–Trinajstić information content (AvgIpc) is 2.80. The highest BCUT2D eigenvalue weighted by Crippen LogP contribution is 2.30. The van der Waals surface area contributed by atoms with Crippen molar-refractivity contribution < 1.29 is 13.2 Å². The molecular formula is C16H17ClF3N5. The molecule has 0 atom stereocenters. The second-order valence-corrected chi connectivity index (χ2v) is 6.21. The van der Waals surface area contributed by atoms with E-state index in [4.69, 9.17) is 17.3 Å². The van der Waals surface area contributed by atoms with Crippen LogP contribution in [0.4, 0.5) is 30.5 Å². The zero-order valence-electron chi connectivity index (χ0n) is 13.3. The molecule has 0 unspecified atom stereocenters. The van der Waals surface area contributed by atoms with Crippen LogP contribution in [0.25, 0.3) is 0 Å². The van der Waals surface area contributed by atoms with Crippen LogP contribution in [0.15, 0.2) is 30.6 Å². The van der Waals surface area contributed by atoms with Gasteiger partial charge in [-0.05, 0) is 24.6 Å². The molecule has 0 bridgehead atoms. The van der Waals surface area contributed by atoms with Crippen LogP contribution in [0, 0.1) is 0 Å². The van der Waals surface area contributed by atoms with Crippen LogP contribution in [-0.2, 0) is 6.18 Å². The van der Waals surface area contributed by atoms with Crippen LogP contribution in [0.1, 0.15) is 12.0 Å². The quantitative estimate of drug-likeness (QED) is 0.876. The molecule has 3 heterocycles. The van der Waals surface area contributed by atoms with Crippen molar-refractivity contribution in [1.82, 2.24) is 9.97 Å². The number of pyridine rings is 2. The molecule has 1 fully saturated rings. The summed E-state index contributed by atoms with van der Waals surface area (Å²) in [7, 11) is 0. The standard InChI is InChI=1S/C16H17ClF3N5/c17-13-8-12(21)10-23-15(13)25-5-1-4-24(6-7-25)14-3-2-11(9-22-14)16(18,19)20/h2-3,8-10H,1,4-7,21H2. The zero-order chi connectivity index (χ0) is 18.0. The molecule has 0 aliphatic carbocycles. The third-order valence-corrected chi connectivity index (χ3v) is 4.32. The Morgan fingerprint density at radius 3 is 2.36 bits per heavy atom. The van der Waals surface area contributed by atoms with Crippen LogP contribution in [0.3, 0.4) is 0 Å². The maximum Gasteiger partial charge on any atom is 0.417 e. The van der Waals surface area contributed by atoms with Crippen LogP contribution >= 0.6 is 11.6 Å². The Morgan fingerprint density at radius 1 is 1.00 bits per heavy atom. The Balaban J connectivity index is 1.71. The molecule has 0 aromatic carbocycles. The van der Waals surface area contributed by atoms with Crippen molar-refractivity contribution in [2.75, 3.05) is 41.7 Å². The number of hydrogen-bond acceptors (Lipinski definition) is 5. The van der Waals surface area contributed by atoms with Gasteiger partial charge in [0.25, 0.3) is 0 Å². The zero-order valence-corrected chi connectivity index (χ0v) is 14.1. The minimum atomic E-state index is -4.38. The Bertz CT molecular complexity index is 736. The fourth-order valence-electron chi connectivity index (χ4n) is 2.78. The number of nitrogen functional groups attached to an aromatic ring is 1. The van der Waals surface area contributed by atoms with E-state index in [1.807, 2.05) is 9.80 Å². The highest BCUT2D eigenvalue weighted by Gasteiger charge is 2.31. The topological polar surface area (TPSA) is 58.3 Å². The van der Waals surface area contributed by atoms with Gasteiger partial charge in [0.1, 0.15) is 11.6 Å². The van der Waals surface area contributed by atoms with Crippen LogP contribution in [0.5, 0.6) is 0 Å². The van der Waals surface area contributed by atoms with Crippen molar-refractivity contribution in [2.45, 2.75) is 12.6 Å². The van der Waals surface area contributed by atoms with E-state index in [0.29, 0.717) is 42.0 Å². The number of aromatic nitrogens is 2. The number of rotatable bonds is 2. The van der Waals surface area contributed by atoms with E-state index in [2.05, 4.69) is 9.97 Å². The van der Waals surface area contributed by atoms with E-state index in [9.17, 15) is 13.2 Å². The Kier molecular flexibility index (Phi) is 4.89. The molecule has 0 amide bonds. The minimum absolute atomic E-state index is 0.487. The van der Waals surface area contributed by atoms with Gasteiger partial charge < -0.3 is 15.5 Å². The second-order valence-electron chi connectivity index (χ2n) is 5.80. The van der Waals surface area contributed by atoms with E-state index in [0.717, 1.165) is 25.2 Å². The summed E-state index contributed by atoms with van der Waals surface area (Å²) in [5.41, 5.74) is 5.42. The number of hydrogen-bond donors (Lipinski definition) is 1. The molecule has 5 nitrogen and oxygen atoms in total. The molecule has 134 valence electrons. The van der Waals surface area contributed by atoms with Gasteiger partial charge in [0.2, 0.25) is 0 Å². The summed E-state index contributed by atoms with van der Waals surface area (Å²) in [5.74, 6) is 1.20. The van der Waals surface area contributed by atoms with E-state index < -0.39 is 11.7 Å². The van der Waals surface area contributed by atoms with Gasteiger partial charge in [-0.2, -0.15) is 13.2 Å². The third-order valence-electron chi connectivity index (χ3n) is 4.04.